The average molecular weight is 286 g/mol. The van der Waals surface area contributed by atoms with Gasteiger partial charge in [0, 0.05) is 24.9 Å². The molecule has 2 heterocycles. The average Bonchev–Trinajstić information content (AvgIpc) is 3.16. The molecule has 5 heteroatoms. The molecule has 1 aliphatic rings. The molecule has 2 aromatic rings. The molecule has 0 spiro atoms. The SMILES string of the molecule is NC(=NCC1CCCO1)NCCc1ccc2[nH]ccc2c1. The number of H-pyrrole nitrogens is 1. The van der Waals surface area contributed by atoms with Crippen molar-refractivity contribution in [2.75, 3.05) is 19.7 Å². The molecular formula is C16H22N4O. The molecule has 3 rings (SSSR count). The topological polar surface area (TPSA) is 75.4 Å². The van der Waals surface area contributed by atoms with Crippen LogP contribution >= 0.6 is 0 Å². The van der Waals surface area contributed by atoms with Gasteiger partial charge < -0.3 is 20.8 Å². The fourth-order valence-electron chi connectivity index (χ4n) is 2.64. The number of aromatic amines is 1. The summed E-state index contributed by atoms with van der Waals surface area (Å²) in [4.78, 5) is 7.53. The third-order valence-corrected chi connectivity index (χ3v) is 3.83. The number of fused-ring (bicyclic) bond motifs is 1. The van der Waals surface area contributed by atoms with Crippen molar-refractivity contribution in [2.45, 2.75) is 25.4 Å². The Hall–Kier alpha value is -2.01. The van der Waals surface area contributed by atoms with Crippen molar-refractivity contribution < 1.29 is 4.74 Å². The smallest absolute Gasteiger partial charge is 0.188 e. The molecule has 5 nitrogen and oxygen atoms in total. The van der Waals surface area contributed by atoms with E-state index in [4.69, 9.17) is 10.5 Å². The van der Waals surface area contributed by atoms with Gasteiger partial charge in [-0.05, 0) is 48.4 Å². The molecule has 1 aromatic carbocycles. The number of nitrogens with zero attached hydrogens (tertiary/aromatic N) is 1. The predicted octanol–water partition coefficient (Wildman–Crippen LogP) is 1.79. The molecule has 1 aromatic heterocycles. The van der Waals surface area contributed by atoms with Crippen LogP contribution in [0.5, 0.6) is 0 Å². The summed E-state index contributed by atoms with van der Waals surface area (Å²) in [7, 11) is 0. The van der Waals surface area contributed by atoms with E-state index in [9.17, 15) is 0 Å². The van der Waals surface area contributed by atoms with Crippen molar-refractivity contribution >= 4 is 16.9 Å². The van der Waals surface area contributed by atoms with Crippen molar-refractivity contribution in [3.05, 3.63) is 36.0 Å². The lowest BCUT2D eigenvalue weighted by Crippen LogP contribution is -2.34. The number of hydrogen-bond acceptors (Lipinski definition) is 2. The Kier molecular flexibility index (Phi) is 4.40. The Labute approximate surface area is 124 Å². The van der Waals surface area contributed by atoms with E-state index < -0.39 is 0 Å². The third-order valence-electron chi connectivity index (χ3n) is 3.83. The van der Waals surface area contributed by atoms with Crippen molar-refractivity contribution in [1.82, 2.24) is 10.3 Å². The Bertz CT molecular complexity index is 614. The molecule has 0 radical (unpaired) electrons. The number of hydrogen-bond donors (Lipinski definition) is 3. The molecule has 4 N–H and O–H groups in total. The highest BCUT2D eigenvalue weighted by Crippen LogP contribution is 2.14. The van der Waals surface area contributed by atoms with Crippen LogP contribution in [0.25, 0.3) is 10.9 Å². The zero-order valence-corrected chi connectivity index (χ0v) is 12.1. The number of aromatic nitrogens is 1. The van der Waals surface area contributed by atoms with E-state index in [0.717, 1.165) is 32.4 Å². The van der Waals surface area contributed by atoms with Gasteiger partial charge in [-0.15, -0.1) is 0 Å². The molecule has 1 fully saturated rings. The molecule has 21 heavy (non-hydrogen) atoms. The second-order valence-corrected chi connectivity index (χ2v) is 5.44. The van der Waals surface area contributed by atoms with Crippen molar-refractivity contribution in [1.29, 1.82) is 0 Å². The number of ether oxygens (including phenoxy) is 1. The first-order valence-corrected chi connectivity index (χ1v) is 7.53. The summed E-state index contributed by atoms with van der Waals surface area (Å²) in [6, 6.07) is 8.54. The predicted molar refractivity (Wildman–Crippen MR) is 85.5 cm³/mol. The Morgan fingerprint density at radius 2 is 2.38 bits per heavy atom. The van der Waals surface area contributed by atoms with Crippen LogP contribution < -0.4 is 11.1 Å². The minimum Gasteiger partial charge on any atom is -0.376 e. The normalized spacial score (nSPS) is 19.2. The van der Waals surface area contributed by atoms with Crippen LogP contribution in [0, 0.1) is 0 Å². The van der Waals surface area contributed by atoms with Crippen LogP contribution in [0.3, 0.4) is 0 Å². The molecule has 1 saturated heterocycles. The van der Waals surface area contributed by atoms with E-state index >= 15 is 0 Å². The lowest BCUT2D eigenvalue weighted by Gasteiger charge is -2.08. The molecule has 1 atom stereocenters. The number of nitrogens with one attached hydrogen (secondary N) is 2. The zero-order valence-electron chi connectivity index (χ0n) is 12.1. The van der Waals surface area contributed by atoms with Crippen LogP contribution in [0.4, 0.5) is 0 Å². The van der Waals surface area contributed by atoms with E-state index in [0.29, 0.717) is 12.5 Å². The van der Waals surface area contributed by atoms with E-state index in [1.807, 2.05) is 6.20 Å². The number of benzene rings is 1. The van der Waals surface area contributed by atoms with Gasteiger partial charge in [-0.1, -0.05) is 6.07 Å². The maximum atomic E-state index is 5.87. The Balaban J connectivity index is 1.45. The maximum absolute atomic E-state index is 5.87. The molecular weight excluding hydrogens is 264 g/mol. The summed E-state index contributed by atoms with van der Waals surface area (Å²) < 4.78 is 5.52. The lowest BCUT2D eigenvalue weighted by molar-refractivity contribution is 0.118. The van der Waals surface area contributed by atoms with Gasteiger partial charge in [-0.2, -0.15) is 0 Å². The molecule has 0 saturated carbocycles. The van der Waals surface area contributed by atoms with Crippen LogP contribution in [-0.4, -0.2) is 36.7 Å². The summed E-state index contributed by atoms with van der Waals surface area (Å²) >= 11 is 0. The van der Waals surface area contributed by atoms with Gasteiger partial charge in [-0.25, -0.2) is 0 Å². The van der Waals surface area contributed by atoms with Gasteiger partial charge in [0.2, 0.25) is 0 Å². The summed E-state index contributed by atoms with van der Waals surface area (Å²) in [5, 5.41) is 4.40. The van der Waals surface area contributed by atoms with E-state index in [2.05, 4.69) is 39.6 Å². The monoisotopic (exact) mass is 286 g/mol. The minimum atomic E-state index is 0.251. The number of guanidine groups is 1. The zero-order chi connectivity index (χ0) is 14.5. The fourth-order valence-corrected chi connectivity index (χ4v) is 2.64. The highest BCUT2D eigenvalue weighted by Gasteiger charge is 2.14. The number of nitrogens with two attached hydrogens (primary N) is 1. The summed E-state index contributed by atoms with van der Waals surface area (Å²) in [5.74, 6) is 0.508. The van der Waals surface area contributed by atoms with E-state index in [-0.39, 0.29) is 6.10 Å². The standard InChI is InChI=1S/C16H22N4O/c17-16(20-11-14-2-1-9-21-14)19-7-5-12-3-4-15-13(10-12)6-8-18-15/h3-4,6,8,10,14,18H,1-2,5,7,9,11H2,(H3,17,19,20). The first-order chi connectivity index (χ1) is 10.3. The maximum Gasteiger partial charge on any atom is 0.188 e. The molecule has 0 amide bonds. The minimum absolute atomic E-state index is 0.251. The summed E-state index contributed by atoms with van der Waals surface area (Å²) in [5.41, 5.74) is 8.33. The van der Waals surface area contributed by atoms with Crippen molar-refractivity contribution in [3.8, 4) is 0 Å². The van der Waals surface area contributed by atoms with Crippen molar-refractivity contribution in [3.63, 3.8) is 0 Å². The Morgan fingerprint density at radius 3 is 3.24 bits per heavy atom. The second kappa shape index (κ2) is 6.63. The summed E-state index contributed by atoms with van der Waals surface area (Å²) in [6.45, 7) is 2.31. The van der Waals surface area contributed by atoms with Crippen LogP contribution in [0.2, 0.25) is 0 Å². The van der Waals surface area contributed by atoms with Gasteiger partial charge >= 0.3 is 0 Å². The van der Waals surface area contributed by atoms with E-state index in [1.165, 1.54) is 16.5 Å². The van der Waals surface area contributed by atoms with Gasteiger partial charge in [-0.3, -0.25) is 4.99 Å². The summed E-state index contributed by atoms with van der Waals surface area (Å²) in [6.07, 6.45) is 5.36. The Morgan fingerprint density at radius 1 is 1.43 bits per heavy atom. The number of rotatable bonds is 5. The molecule has 1 aliphatic heterocycles. The quantitative estimate of drug-likeness (QED) is 0.579. The largest absolute Gasteiger partial charge is 0.376 e. The number of aliphatic imine (C=N–C) groups is 1. The van der Waals surface area contributed by atoms with Crippen LogP contribution in [-0.2, 0) is 11.2 Å². The fraction of sp³-hybridized carbons (Fsp3) is 0.438. The highest BCUT2D eigenvalue weighted by atomic mass is 16.5. The lowest BCUT2D eigenvalue weighted by atomic mass is 10.1. The van der Waals surface area contributed by atoms with Crippen LogP contribution in [0.1, 0.15) is 18.4 Å². The molecule has 0 aliphatic carbocycles. The van der Waals surface area contributed by atoms with Gasteiger partial charge in [0.15, 0.2) is 5.96 Å². The highest BCUT2D eigenvalue weighted by molar-refractivity contribution is 5.80. The third kappa shape index (κ3) is 3.76. The van der Waals surface area contributed by atoms with Gasteiger partial charge in [0.25, 0.3) is 0 Å². The molecule has 112 valence electrons. The van der Waals surface area contributed by atoms with Gasteiger partial charge in [0.05, 0.1) is 12.6 Å². The van der Waals surface area contributed by atoms with Gasteiger partial charge in [0.1, 0.15) is 0 Å². The molecule has 1 unspecified atom stereocenters. The second-order valence-electron chi connectivity index (χ2n) is 5.44. The van der Waals surface area contributed by atoms with E-state index in [1.54, 1.807) is 0 Å². The molecule has 0 bridgehead atoms. The first-order valence-electron chi connectivity index (χ1n) is 7.53. The van der Waals surface area contributed by atoms with Crippen LogP contribution in [0.15, 0.2) is 35.5 Å². The first kappa shape index (κ1) is 13.9. The van der Waals surface area contributed by atoms with Crippen molar-refractivity contribution in [2.24, 2.45) is 10.7 Å².